The predicted molar refractivity (Wildman–Crippen MR) is 197 cm³/mol. The molecule has 5 heterocycles. The van der Waals surface area contributed by atoms with Gasteiger partial charge in [0, 0.05) is 81.3 Å². The van der Waals surface area contributed by atoms with Crippen molar-refractivity contribution < 1.29 is 24.0 Å². The van der Waals surface area contributed by atoms with Gasteiger partial charge in [0.15, 0.2) is 0 Å². The number of aryl methyl sites for hydroxylation is 1. The molecule has 0 aromatic heterocycles. The fourth-order valence-corrected chi connectivity index (χ4v) is 8.74. The molecule has 12 nitrogen and oxygen atoms in total. The molecule has 3 fully saturated rings. The molecule has 2 atom stereocenters. The summed E-state index contributed by atoms with van der Waals surface area (Å²) in [5.41, 5.74) is 7.29. The summed E-state index contributed by atoms with van der Waals surface area (Å²) >= 11 is 0. The molecule has 8 rings (SSSR count). The SMILES string of the molecule is Cc1cc(N2CCN(c3ccc(C(=O)N4CCC(N5Cc6cc7c(cc6C5)C(=O)N(C5CCC(=O)NC5=O)C7=O)CC4)cc3)CC[C@@H]2C)ccc1C#N. The van der Waals surface area contributed by atoms with Gasteiger partial charge in [-0.25, -0.2) is 0 Å². The van der Waals surface area contributed by atoms with Crippen LogP contribution in [0, 0.1) is 18.3 Å². The Morgan fingerprint density at radius 1 is 0.792 bits per heavy atom. The Balaban J connectivity index is 0.851. The number of piperidine rings is 2. The lowest BCUT2D eigenvalue weighted by Gasteiger charge is -2.36. The second kappa shape index (κ2) is 13.8. The number of rotatable bonds is 5. The lowest BCUT2D eigenvalue weighted by molar-refractivity contribution is -0.136. The van der Waals surface area contributed by atoms with Crippen molar-refractivity contribution in [3.8, 4) is 6.07 Å². The molecule has 0 bridgehead atoms. The van der Waals surface area contributed by atoms with E-state index in [1.807, 2.05) is 36.1 Å². The van der Waals surface area contributed by atoms with Gasteiger partial charge < -0.3 is 14.7 Å². The number of benzene rings is 3. The maximum Gasteiger partial charge on any atom is 0.262 e. The summed E-state index contributed by atoms with van der Waals surface area (Å²) in [6, 6.07) is 19.6. The zero-order chi connectivity index (χ0) is 37.0. The molecule has 0 aliphatic carbocycles. The monoisotopic (exact) mass is 713 g/mol. The van der Waals surface area contributed by atoms with Crippen molar-refractivity contribution in [3.63, 3.8) is 0 Å². The summed E-state index contributed by atoms with van der Waals surface area (Å²) in [5, 5.41) is 11.6. The van der Waals surface area contributed by atoms with E-state index < -0.39 is 29.7 Å². The second-order valence-electron chi connectivity index (χ2n) is 15.0. The zero-order valence-corrected chi connectivity index (χ0v) is 30.1. The lowest BCUT2D eigenvalue weighted by atomic mass is 10.0. The molecule has 3 saturated heterocycles. The number of anilines is 2. The smallest absolute Gasteiger partial charge is 0.262 e. The van der Waals surface area contributed by atoms with Gasteiger partial charge in [0.25, 0.3) is 17.7 Å². The van der Waals surface area contributed by atoms with Gasteiger partial charge in [-0.05, 0) is 111 Å². The van der Waals surface area contributed by atoms with Gasteiger partial charge in [0.2, 0.25) is 11.8 Å². The van der Waals surface area contributed by atoms with Gasteiger partial charge in [-0.2, -0.15) is 5.26 Å². The molecular weight excluding hydrogens is 670 g/mol. The van der Waals surface area contributed by atoms with Gasteiger partial charge in [-0.3, -0.25) is 39.1 Å². The van der Waals surface area contributed by atoms with Crippen LogP contribution in [0.25, 0.3) is 0 Å². The number of hydrogen-bond acceptors (Lipinski definition) is 9. The van der Waals surface area contributed by atoms with E-state index in [1.54, 1.807) is 12.1 Å². The van der Waals surface area contributed by atoms with Crippen molar-refractivity contribution in [2.75, 3.05) is 42.5 Å². The largest absolute Gasteiger partial charge is 0.370 e. The Kier molecular flexibility index (Phi) is 8.98. The number of likely N-dealkylation sites (tertiary alicyclic amines) is 1. The van der Waals surface area contributed by atoms with Crippen molar-refractivity contribution in [2.24, 2.45) is 0 Å². The fraction of sp³-hybridized carbons (Fsp3) is 0.415. The van der Waals surface area contributed by atoms with Crippen LogP contribution in [0.3, 0.4) is 0 Å². The first-order chi connectivity index (χ1) is 25.6. The molecule has 5 aliphatic heterocycles. The zero-order valence-electron chi connectivity index (χ0n) is 30.1. The summed E-state index contributed by atoms with van der Waals surface area (Å²) in [4.78, 5) is 74.4. The van der Waals surface area contributed by atoms with Gasteiger partial charge in [-0.15, -0.1) is 0 Å². The third-order valence-corrected chi connectivity index (χ3v) is 11.9. The summed E-state index contributed by atoms with van der Waals surface area (Å²) in [5.74, 6) is -1.93. The minimum Gasteiger partial charge on any atom is -0.370 e. The van der Waals surface area contributed by atoms with Crippen LogP contribution in [0.1, 0.15) is 92.4 Å². The third-order valence-electron chi connectivity index (χ3n) is 11.9. The first-order valence-corrected chi connectivity index (χ1v) is 18.6. The number of fused-ring (bicyclic) bond motifs is 2. The quantitative estimate of drug-likeness (QED) is 0.389. The van der Waals surface area contributed by atoms with E-state index in [1.165, 1.54) is 0 Å². The molecule has 1 unspecified atom stereocenters. The van der Waals surface area contributed by atoms with Gasteiger partial charge in [0.1, 0.15) is 6.04 Å². The lowest BCUT2D eigenvalue weighted by Crippen LogP contribution is -2.54. The Labute approximate surface area is 308 Å². The molecule has 3 aromatic rings. The van der Waals surface area contributed by atoms with Crippen molar-refractivity contribution >= 4 is 40.9 Å². The minimum absolute atomic E-state index is 0.0422. The highest BCUT2D eigenvalue weighted by atomic mass is 16.2. The fourth-order valence-electron chi connectivity index (χ4n) is 8.74. The first-order valence-electron chi connectivity index (χ1n) is 18.6. The highest BCUT2D eigenvalue weighted by Gasteiger charge is 2.45. The maximum absolute atomic E-state index is 13.6. The van der Waals surface area contributed by atoms with E-state index in [-0.39, 0.29) is 24.8 Å². The Bertz CT molecular complexity index is 2020. The molecular formula is C41H43N7O5. The number of carbonyl (C=O) groups is 5. The van der Waals surface area contributed by atoms with Crippen LogP contribution in [0.4, 0.5) is 11.4 Å². The number of amides is 5. The van der Waals surface area contributed by atoms with Crippen LogP contribution in [0.2, 0.25) is 0 Å². The minimum atomic E-state index is -0.974. The standard InChI is InChI=1S/C41H43N7O5/c1-25-19-33(8-5-28(25)22-42)47-18-17-44(14-11-26(47)2)31-6-3-27(4-7-31)39(51)45-15-12-32(13-16-45)46-23-29-20-34-35(21-30(29)24-46)41(53)48(40(34)52)36-9-10-37(49)43-38(36)50/h3-8,19-21,26,32,36H,9-18,23-24H2,1-2H3,(H,43,49,50)/t26-,36?/m0/s1. The molecule has 272 valence electrons. The van der Waals surface area contributed by atoms with E-state index >= 15 is 0 Å². The van der Waals surface area contributed by atoms with Crippen LogP contribution in [-0.4, -0.2) is 95.1 Å². The average molecular weight is 714 g/mol. The van der Waals surface area contributed by atoms with E-state index in [9.17, 15) is 29.2 Å². The van der Waals surface area contributed by atoms with Crippen molar-refractivity contribution in [1.29, 1.82) is 5.26 Å². The molecule has 5 amide bonds. The summed E-state index contributed by atoms with van der Waals surface area (Å²) in [6.07, 6.45) is 2.89. The maximum atomic E-state index is 13.6. The van der Waals surface area contributed by atoms with Crippen LogP contribution < -0.4 is 15.1 Å². The Morgan fingerprint density at radius 2 is 1.45 bits per heavy atom. The third kappa shape index (κ3) is 6.33. The van der Waals surface area contributed by atoms with E-state index in [4.69, 9.17) is 0 Å². The molecule has 5 aliphatic rings. The number of imide groups is 2. The number of nitriles is 1. The highest BCUT2D eigenvalue weighted by Crippen LogP contribution is 2.35. The van der Waals surface area contributed by atoms with E-state index in [0.29, 0.717) is 54.5 Å². The van der Waals surface area contributed by atoms with Gasteiger partial charge in [0.05, 0.1) is 22.8 Å². The number of nitrogens with zero attached hydrogens (tertiary/aromatic N) is 6. The first kappa shape index (κ1) is 34.5. The van der Waals surface area contributed by atoms with E-state index in [2.05, 4.69) is 51.2 Å². The van der Waals surface area contributed by atoms with Crippen molar-refractivity contribution in [1.82, 2.24) is 20.0 Å². The summed E-state index contributed by atoms with van der Waals surface area (Å²) in [7, 11) is 0. The number of carbonyl (C=O) groups excluding carboxylic acids is 5. The van der Waals surface area contributed by atoms with Gasteiger partial charge in [-0.1, -0.05) is 0 Å². The predicted octanol–water partition coefficient (Wildman–Crippen LogP) is 3.99. The van der Waals surface area contributed by atoms with Crippen LogP contribution in [0.5, 0.6) is 0 Å². The Hall–Kier alpha value is -5.54. The average Bonchev–Trinajstić information content (AvgIpc) is 3.61. The molecule has 0 spiro atoms. The summed E-state index contributed by atoms with van der Waals surface area (Å²) in [6.45, 7) is 9.50. The molecule has 0 saturated carbocycles. The van der Waals surface area contributed by atoms with Crippen LogP contribution in [0.15, 0.2) is 54.6 Å². The topological polar surface area (TPSA) is 137 Å². The molecule has 53 heavy (non-hydrogen) atoms. The number of nitrogens with one attached hydrogen (secondary N) is 1. The molecule has 3 aromatic carbocycles. The second-order valence-corrected chi connectivity index (χ2v) is 15.0. The van der Waals surface area contributed by atoms with Crippen LogP contribution >= 0.6 is 0 Å². The van der Waals surface area contributed by atoms with Gasteiger partial charge >= 0.3 is 0 Å². The molecule has 1 N–H and O–H groups in total. The number of hydrogen-bond donors (Lipinski definition) is 1. The molecule has 0 radical (unpaired) electrons. The van der Waals surface area contributed by atoms with Crippen molar-refractivity contribution in [2.45, 2.75) is 77.2 Å². The highest BCUT2D eigenvalue weighted by molar-refractivity contribution is 6.23. The van der Waals surface area contributed by atoms with E-state index in [0.717, 1.165) is 71.9 Å². The van der Waals surface area contributed by atoms with Crippen molar-refractivity contribution in [3.05, 3.63) is 93.5 Å². The normalized spacial score (nSPS) is 22.4. The Morgan fingerprint density at radius 3 is 2.08 bits per heavy atom. The molecule has 12 heteroatoms. The summed E-state index contributed by atoms with van der Waals surface area (Å²) < 4.78 is 0. The van der Waals surface area contributed by atoms with Crippen LogP contribution in [-0.2, 0) is 22.7 Å².